The van der Waals surface area contributed by atoms with Gasteiger partial charge in [0.15, 0.2) is 0 Å². The van der Waals surface area contributed by atoms with Crippen LogP contribution in [0.4, 0.5) is 13.2 Å². The van der Waals surface area contributed by atoms with E-state index < -0.39 is 11.6 Å². The molecular formula is C11H12F3NO. The van der Waals surface area contributed by atoms with Crippen LogP contribution in [-0.2, 0) is 0 Å². The molecule has 1 aliphatic carbocycles. The Labute approximate surface area is 91.4 Å². The molecule has 0 bridgehead atoms. The molecule has 5 heteroatoms. The first-order valence-corrected chi connectivity index (χ1v) is 5.13. The SMILES string of the molecule is FC(F)(F)C1(COc2cccnc2)CCC1. The Morgan fingerprint density at radius 2 is 2.12 bits per heavy atom. The number of rotatable bonds is 3. The predicted octanol–water partition coefficient (Wildman–Crippen LogP) is 3.19. The largest absolute Gasteiger partial charge is 0.491 e. The first-order chi connectivity index (χ1) is 7.54. The Balaban J connectivity index is 1.99. The number of pyridine rings is 1. The van der Waals surface area contributed by atoms with E-state index in [4.69, 9.17) is 4.74 Å². The number of hydrogen-bond donors (Lipinski definition) is 0. The lowest BCUT2D eigenvalue weighted by Gasteiger charge is -2.42. The minimum atomic E-state index is -4.17. The van der Waals surface area contributed by atoms with Gasteiger partial charge in [0.05, 0.1) is 11.6 Å². The second-order valence-corrected chi connectivity index (χ2v) is 4.11. The average Bonchev–Trinajstić information content (AvgIpc) is 2.15. The maximum Gasteiger partial charge on any atom is 0.397 e. The highest BCUT2D eigenvalue weighted by molar-refractivity contribution is 5.15. The van der Waals surface area contributed by atoms with Gasteiger partial charge in [0.2, 0.25) is 0 Å². The van der Waals surface area contributed by atoms with Crippen molar-refractivity contribution in [1.29, 1.82) is 0 Å². The molecule has 0 aromatic carbocycles. The molecule has 0 atom stereocenters. The molecular weight excluding hydrogens is 219 g/mol. The lowest BCUT2D eigenvalue weighted by atomic mass is 9.69. The van der Waals surface area contributed by atoms with Gasteiger partial charge in [-0.05, 0) is 25.0 Å². The van der Waals surface area contributed by atoms with Gasteiger partial charge in [-0.25, -0.2) is 0 Å². The fourth-order valence-corrected chi connectivity index (χ4v) is 1.77. The number of hydrogen-bond acceptors (Lipinski definition) is 2. The molecule has 0 N–H and O–H groups in total. The van der Waals surface area contributed by atoms with Crippen LogP contribution in [-0.4, -0.2) is 17.8 Å². The lowest BCUT2D eigenvalue weighted by Crippen LogP contribution is -2.48. The Hall–Kier alpha value is -1.26. The summed E-state index contributed by atoms with van der Waals surface area (Å²) in [4.78, 5) is 3.79. The molecule has 88 valence electrons. The van der Waals surface area contributed by atoms with Crippen molar-refractivity contribution in [2.45, 2.75) is 25.4 Å². The van der Waals surface area contributed by atoms with Crippen LogP contribution in [0.3, 0.4) is 0 Å². The Bertz CT molecular complexity index is 346. The standard InChI is InChI=1S/C11H12F3NO/c12-11(13,14)10(4-2-5-10)8-16-9-3-1-6-15-7-9/h1,3,6-7H,2,4-5,8H2. The van der Waals surface area contributed by atoms with E-state index in [-0.39, 0.29) is 19.4 Å². The van der Waals surface area contributed by atoms with Crippen LogP contribution in [0.5, 0.6) is 5.75 Å². The van der Waals surface area contributed by atoms with Gasteiger partial charge >= 0.3 is 6.18 Å². The number of ether oxygens (including phenoxy) is 1. The monoisotopic (exact) mass is 231 g/mol. The minimum Gasteiger partial charge on any atom is -0.491 e. The predicted molar refractivity (Wildman–Crippen MR) is 52.1 cm³/mol. The van der Waals surface area contributed by atoms with Crippen LogP contribution in [0.15, 0.2) is 24.5 Å². The lowest BCUT2D eigenvalue weighted by molar-refractivity contribution is -0.259. The van der Waals surface area contributed by atoms with Crippen LogP contribution in [0, 0.1) is 5.41 Å². The van der Waals surface area contributed by atoms with Gasteiger partial charge in [0, 0.05) is 6.20 Å². The molecule has 1 fully saturated rings. The zero-order chi connectivity index (χ0) is 11.6. The Morgan fingerprint density at radius 1 is 1.38 bits per heavy atom. The molecule has 16 heavy (non-hydrogen) atoms. The quantitative estimate of drug-likeness (QED) is 0.797. The molecule has 1 saturated carbocycles. The molecule has 1 heterocycles. The van der Waals surface area contributed by atoms with E-state index in [1.807, 2.05) is 0 Å². The maximum atomic E-state index is 12.8. The van der Waals surface area contributed by atoms with E-state index in [1.165, 1.54) is 6.20 Å². The summed E-state index contributed by atoms with van der Waals surface area (Å²) in [5, 5.41) is 0. The molecule has 0 aliphatic heterocycles. The summed E-state index contributed by atoms with van der Waals surface area (Å²) in [5.41, 5.74) is -1.64. The van der Waals surface area contributed by atoms with Gasteiger partial charge in [-0.1, -0.05) is 6.42 Å². The second-order valence-electron chi connectivity index (χ2n) is 4.11. The maximum absolute atomic E-state index is 12.8. The van der Waals surface area contributed by atoms with Gasteiger partial charge in [-0.3, -0.25) is 4.98 Å². The first-order valence-electron chi connectivity index (χ1n) is 5.13. The Kier molecular flexibility index (Phi) is 2.78. The number of alkyl halides is 3. The minimum absolute atomic E-state index is 0.163. The molecule has 2 rings (SSSR count). The zero-order valence-corrected chi connectivity index (χ0v) is 8.63. The fourth-order valence-electron chi connectivity index (χ4n) is 1.77. The summed E-state index contributed by atoms with van der Waals surface area (Å²) in [5.74, 6) is 0.387. The van der Waals surface area contributed by atoms with E-state index >= 15 is 0 Å². The number of halogens is 3. The molecule has 0 saturated heterocycles. The molecule has 1 aromatic heterocycles. The molecule has 1 aliphatic rings. The van der Waals surface area contributed by atoms with Crippen LogP contribution >= 0.6 is 0 Å². The topological polar surface area (TPSA) is 22.1 Å². The van der Waals surface area contributed by atoms with Crippen LogP contribution in [0.1, 0.15) is 19.3 Å². The smallest absolute Gasteiger partial charge is 0.397 e. The highest BCUT2D eigenvalue weighted by atomic mass is 19.4. The van der Waals surface area contributed by atoms with Crippen molar-refractivity contribution in [1.82, 2.24) is 4.98 Å². The van der Waals surface area contributed by atoms with Crippen molar-refractivity contribution in [3.05, 3.63) is 24.5 Å². The van der Waals surface area contributed by atoms with E-state index in [0.29, 0.717) is 12.2 Å². The molecule has 2 nitrogen and oxygen atoms in total. The third-order valence-electron chi connectivity index (χ3n) is 3.06. The molecule has 0 unspecified atom stereocenters. The molecule has 0 radical (unpaired) electrons. The van der Waals surface area contributed by atoms with Gasteiger partial charge in [-0.15, -0.1) is 0 Å². The highest BCUT2D eigenvalue weighted by Gasteiger charge is 2.58. The van der Waals surface area contributed by atoms with Crippen molar-refractivity contribution < 1.29 is 17.9 Å². The van der Waals surface area contributed by atoms with Crippen molar-refractivity contribution in [2.24, 2.45) is 5.41 Å². The second kappa shape index (κ2) is 3.96. The van der Waals surface area contributed by atoms with Crippen molar-refractivity contribution in [3.8, 4) is 5.75 Å². The zero-order valence-electron chi connectivity index (χ0n) is 8.63. The molecule has 0 spiro atoms. The van der Waals surface area contributed by atoms with Crippen LogP contribution < -0.4 is 4.74 Å². The third kappa shape index (κ3) is 1.99. The first kappa shape index (κ1) is 11.2. The highest BCUT2D eigenvalue weighted by Crippen LogP contribution is 2.53. The van der Waals surface area contributed by atoms with Gasteiger partial charge < -0.3 is 4.74 Å². The Morgan fingerprint density at radius 3 is 2.56 bits per heavy atom. The summed E-state index contributed by atoms with van der Waals surface area (Å²) >= 11 is 0. The van der Waals surface area contributed by atoms with Crippen molar-refractivity contribution >= 4 is 0 Å². The van der Waals surface area contributed by atoms with E-state index in [1.54, 1.807) is 18.3 Å². The summed E-state index contributed by atoms with van der Waals surface area (Å²) in [7, 11) is 0. The number of nitrogens with zero attached hydrogens (tertiary/aromatic N) is 1. The normalized spacial score (nSPS) is 18.9. The van der Waals surface area contributed by atoms with Gasteiger partial charge in [0.25, 0.3) is 0 Å². The summed E-state index contributed by atoms with van der Waals surface area (Å²) < 4.78 is 43.4. The average molecular weight is 231 g/mol. The fraction of sp³-hybridized carbons (Fsp3) is 0.545. The summed E-state index contributed by atoms with van der Waals surface area (Å²) in [6, 6.07) is 3.24. The third-order valence-corrected chi connectivity index (χ3v) is 3.06. The van der Waals surface area contributed by atoms with Crippen molar-refractivity contribution in [2.75, 3.05) is 6.61 Å². The van der Waals surface area contributed by atoms with E-state index in [0.717, 1.165) is 0 Å². The van der Waals surface area contributed by atoms with E-state index in [9.17, 15) is 13.2 Å². The van der Waals surface area contributed by atoms with Crippen molar-refractivity contribution in [3.63, 3.8) is 0 Å². The molecule has 0 amide bonds. The van der Waals surface area contributed by atoms with Gasteiger partial charge in [0.1, 0.15) is 12.4 Å². The van der Waals surface area contributed by atoms with E-state index in [2.05, 4.69) is 4.98 Å². The number of aromatic nitrogens is 1. The summed E-state index contributed by atoms with van der Waals surface area (Å²) in [6.07, 6.45) is -0.255. The van der Waals surface area contributed by atoms with Crippen LogP contribution in [0.2, 0.25) is 0 Å². The summed E-state index contributed by atoms with van der Waals surface area (Å²) in [6.45, 7) is -0.303. The van der Waals surface area contributed by atoms with Gasteiger partial charge in [-0.2, -0.15) is 13.2 Å². The molecule has 1 aromatic rings. The van der Waals surface area contributed by atoms with Crippen LogP contribution in [0.25, 0.3) is 0 Å².